The van der Waals surface area contributed by atoms with Crippen molar-refractivity contribution in [3.8, 4) is 0 Å². The topological polar surface area (TPSA) is 38.2 Å². The van der Waals surface area contributed by atoms with Gasteiger partial charge in [0.25, 0.3) is 0 Å². The first-order valence-electron chi connectivity index (χ1n) is 7.89. The van der Waals surface area contributed by atoms with Gasteiger partial charge in [0.2, 0.25) is 0 Å². The molecule has 2 aromatic rings. The first kappa shape index (κ1) is 17.8. The number of halogens is 4. The van der Waals surface area contributed by atoms with Crippen molar-refractivity contribution in [3.63, 3.8) is 0 Å². The second-order valence-electron chi connectivity index (χ2n) is 5.87. The minimum atomic E-state index is -4.30. The van der Waals surface area contributed by atoms with Crippen LogP contribution in [0.5, 0.6) is 0 Å². The van der Waals surface area contributed by atoms with Crippen molar-refractivity contribution in [1.29, 1.82) is 0 Å². The van der Waals surface area contributed by atoms with Crippen LogP contribution in [-0.4, -0.2) is 18.4 Å². The van der Waals surface area contributed by atoms with Crippen LogP contribution in [0.2, 0.25) is 5.02 Å². The third-order valence-corrected chi connectivity index (χ3v) is 4.34. The lowest BCUT2D eigenvalue weighted by Gasteiger charge is -2.09. The first-order valence-corrected chi connectivity index (χ1v) is 8.26. The van der Waals surface area contributed by atoms with Crippen molar-refractivity contribution in [1.82, 2.24) is 0 Å². The molecule has 2 aromatic carbocycles. The molecule has 1 atom stereocenters. The minimum absolute atomic E-state index is 0.0688. The van der Waals surface area contributed by atoms with Crippen molar-refractivity contribution in [2.45, 2.75) is 25.2 Å². The number of oxime groups is 1. The van der Waals surface area contributed by atoms with E-state index in [4.69, 9.17) is 16.4 Å². The molecule has 1 aliphatic rings. The fraction of sp³-hybridized carbons (Fsp3) is 0.278. The van der Waals surface area contributed by atoms with Crippen LogP contribution in [0, 0.1) is 0 Å². The van der Waals surface area contributed by atoms with E-state index in [0.29, 0.717) is 24.5 Å². The van der Waals surface area contributed by atoms with Crippen LogP contribution >= 0.6 is 11.6 Å². The lowest BCUT2D eigenvalue weighted by atomic mass is 10.0. The van der Waals surface area contributed by atoms with Crippen LogP contribution in [0.15, 0.2) is 53.7 Å². The molecule has 1 aliphatic heterocycles. The second kappa shape index (κ2) is 7.45. The number of quaternary nitrogens is 1. The van der Waals surface area contributed by atoms with Gasteiger partial charge in [0.05, 0.1) is 11.3 Å². The molecule has 0 saturated heterocycles. The van der Waals surface area contributed by atoms with E-state index in [1.54, 1.807) is 0 Å². The smallest absolute Gasteiger partial charge is 0.386 e. The third-order valence-electron chi connectivity index (χ3n) is 4.01. The molecular formula is C18H17ClF3N2O+. The lowest BCUT2D eigenvalue weighted by molar-refractivity contribution is -0.676. The highest BCUT2D eigenvalue weighted by molar-refractivity contribution is 6.34. The highest BCUT2D eigenvalue weighted by atomic mass is 35.5. The van der Waals surface area contributed by atoms with Crippen molar-refractivity contribution in [2.24, 2.45) is 5.16 Å². The van der Waals surface area contributed by atoms with Crippen LogP contribution in [0.1, 0.15) is 23.1 Å². The zero-order chi connectivity index (χ0) is 17.9. The summed E-state index contributed by atoms with van der Waals surface area (Å²) in [6, 6.07) is 12.7. The number of benzene rings is 2. The summed E-state index contributed by atoms with van der Waals surface area (Å²) in [6.45, 7) is 1.25. The molecule has 0 radical (unpaired) electrons. The molecule has 3 nitrogen and oxygen atoms in total. The Labute approximate surface area is 148 Å². The maximum atomic E-state index is 12.5. The van der Waals surface area contributed by atoms with Gasteiger partial charge in [-0.2, -0.15) is 13.2 Å². The Morgan fingerprint density at radius 3 is 2.52 bits per heavy atom. The number of hydrogen-bond acceptors (Lipinski definition) is 2. The Balaban J connectivity index is 1.47. The van der Waals surface area contributed by atoms with E-state index >= 15 is 0 Å². The van der Waals surface area contributed by atoms with Gasteiger partial charge in [-0.15, -0.1) is 0 Å². The fourth-order valence-electron chi connectivity index (χ4n) is 2.67. The summed E-state index contributed by atoms with van der Waals surface area (Å²) in [6.07, 6.45) is -3.71. The molecule has 0 aliphatic carbocycles. The molecule has 25 heavy (non-hydrogen) atoms. The fourth-order valence-corrected chi connectivity index (χ4v) is 2.92. The van der Waals surface area contributed by atoms with Crippen molar-refractivity contribution < 1.29 is 23.3 Å². The Morgan fingerprint density at radius 2 is 1.84 bits per heavy atom. The van der Waals surface area contributed by atoms with E-state index in [-0.39, 0.29) is 6.10 Å². The predicted molar refractivity (Wildman–Crippen MR) is 89.4 cm³/mol. The van der Waals surface area contributed by atoms with Crippen LogP contribution in [0.4, 0.5) is 13.2 Å². The summed E-state index contributed by atoms with van der Waals surface area (Å²) in [4.78, 5) is 5.43. The summed E-state index contributed by atoms with van der Waals surface area (Å²) >= 11 is 6.16. The molecule has 0 fully saturated rings. The summed E-state index contributed by atoms with van der Waals surface area (Å²) < 4.78 is 37.6. The van der Waals surface area contributed by atoms with Crippen molar-refractivity contribution >= 4 is 17.3 Å². The van der Waals surface area contributed by atoms with E-state index in [1.807, 2.05) is 29.6 Å². The van der Waals surface area contributed by atoms with E-state index in [0.717, 1.165) is 29.0 Å². The standard InChI is InChI=1S/C18H16ClF3N2O/c19-16-4-2-1-3-15(16)17-9-14(25-24-17)11-23-10-12-5-7-13(8-6-12)18(20,21)22/h1-8,14,23H,9-11H2/p+1/t14-/m1/s1. The summed E-state index contributed by atoms with van der Waals surface area (Å²) in [5.74, 6) is 0. The lowest BCUT2D eigenvalue weighted by Crippen LogP contribution is -2.84. The van der Waals surface area contributed by atoms with E-state index in [2.05, 4.69) is 5.16 Å². The third kappa shape index (κ3) is 4.52. The molecule has 2 N–H and O–H groups in total. The molecule has 3 rings (SSSR count). The predicted octanol–water partition coefficient (Wildman–Crippen LogP) is 3.62. The maximum Gasteiger partial charge on any atom is 0.416 e. The monoisotopic (exact) mass is 369 g/mol. The summed E-state index contributed by atoms with van der Waals surface area (Å²) in [5, 5.41) is 6.74. The van der Waals surface area contributed by atoms with E-state index in [9.17, 15) is 13.2 Å². The van der Waals surface area contributed by atoms with Gasteiger partial charge in [-0.05, 0) is 18.2 Å². The normalized spacial score (nSPS) is 17.3. The number of nitrogens with zero attached hydrogens (tertiary/aromatic N) is 1. The van der Waals surface area contributed by atoms with Gasteiger partial charge in [0.1, 0.15) is 13.1 Å². The molecule has 0 spiro atoms. The van der Waals surface area contributed by atoms with Crippen molar-refractivity contribution in [2.75, 3.05) is 6.54 Å². The van der Waals surface area contributed by atoms with Crippen LogP contribution in [-0.2, 0) is 17.6 Å². The molecule has 0 aromatic heterocycles. The molecular weight excluding hydrogens is 353 g/mol. The SMILES string of the molecule is FC(F)(F)c1ccc(C[NH2+]C[C@H]2CC(c3ccccc3Cl)=NO2)cc1. The van der Waals surface area contributed by atoms with Gasteiger partial charge in [0.15, 0.2) is 6.10 Å². The molecule has 0 unspecified atom stereocenters. The first-order chi connectivity index (χ1) is 11.9. The van der Waals surface area contributed by atoms with Gasteiger partial charge in [-0.25, -0.2) is 0 Å². The van der Waals surface area contributed by atoms with Crippen LogP contribution in [0.25, 0.3) is 0 Å². The van der Waals surface area contributed by atoms with E-state index in [1.165, 1.54) is 12.1 Å². The Hall–Kier alpha value is -2.05. The largest absolute Gasteiger partial charge is 0.416 e. The number of nitrogens with two attached hydrogens (primary N) is 1. The van der Waals surface area contributed by atoms with Gasteiger partial charge in [0, 0.05) is 22.6 Å². The van der Waals surface area contributed by atoms with Crippen LogP contribution < -0.4 is 5.32 Å². The molecule has 7 heteroatoms. The summed E-state index contributed by atoms with van der Waals surface area (Å²) in [5.41, 5.74) is 1.89. The van der Waals surface area contributed by atoms with Gasteiger partial charge in [-0.1, -0.05) is 47.1 Å². The zero-order valence-corrected chi connectivity index (χ0v) is 14.0. The summed E-state index contributed by atoms with van der Waals surface area (Å²) in [7, 11) is 0. The Morgan fingerprint density at radius 1 is 1.12 bits per heavy atom. The minimum Gasteiger partial charge on any atom is -0.386 e. The zero-order valence-electron chi connectivity index (χ0n) is 13.3. The number of hydrogen-bond donors (Lipinski definition) is 1. The highest BCUT2D eigenvalue weighted by Gasteiger charge is 2.30. The molecule has 0 amide bonds. The Kier molecular flexibility index (Phi) is 5.30. The van der Waals surface area contributed by atoms with Crippen molar-refractivity contribution in [3.05, 3.63) is 70.2 Å². The Bertz CT molecular complexity index is 760. The average molecular weight is 370 g/mol. The van der Waals surface area contributed by atoms with Gasteiger partial charge >= 0.3 is 6.18 Å². The van der Waals surface area contributed by atoms with E-state index < -0.39 is 11.7 Å². The second-order valence-corrected chi connectivity index (χ2v) is 6.28. The van der Waals surface area contributed by atoms with Crippen LogP contribution in [0.3, 0.4) is 0 Å². The van der Waals surface area contributed by atoms with Gasteiger partial charge in [-0.3, -0.25) is 0 Å². The quantitative estimate of drug-likeness (QED) is 0.859. The molecule has 132 valence electrons. The average Bonchev–Trinajstić information content (AvgIpc) is 3.03. The number of alkyl halides is 3. The molecule has 0 bridgehead atoms. The molecule has 0 saturated carbocycles. The molecule has 1 heterocycles. The maximum absolute atomic E-state index is 12.5. The van der Waals surface area contributed by atoms with Gasteiger partial charge < -0.3 is 10.2 Å². The highest BCUT2D eigenvalue weighted by Crippen LogP contribution is 2.29. The number of rotatable bonds is 5.